The van der Waals surface area contributed by atoms with Crippen molar-refractivity contribution in [2.45, 2.75) is 6.54 Å². The SMILES string of the molecule is COc1cccc(Br)c1OCCn1ccc(N)n1. The van der Waals surface area contributed by atoms with Crippen LogP contribution in [0.4, 0.5) is 5.82 Å². The Bertz CT molecular complexity index is 528. The highest BCUT2D eigenvalue weighted by Crippen LogP contribution is 2.34. The van der Waals surface area contributed by atoms with Gasteiger partial charge in [-0.15, -0.1) is 0 Å². The van der Waals surface area contributed by atoms with E-state index < -0.39 is 0 Å². The van der Waals surface area contributed by atoms with Crippen LogP contribution in [-0.2, 0) is 6.54 Å². The van der Waals surface area contributed by atoms with E-state index in [4.69, 9.17) is 15.2 Å². The van der Waals surface area contributed by atoms with Gasteiger partial charge in [0.2, 0.25) is 0 Å². The highest BCUT2D eigenvalue weighted by Gasteiger charge is 2.08. The molecule has 0 atom stereocenters. The molecule has 0 spiro atoms. The highest BCUT2D eigenvalue weighted by molar-refractivity contribution is 9.10. The van der Waals surface area contributed by atoms with Crippen molar-refractivity contribution in [2.24, 2.45) is 0 Å². The number of hydrogen-bond donors (Lipinski definition) is 1. The molecule has 0 radical (unpaired) electrons. The van der Waals surface area contributed by atoms with E-state index in [9.17, 15) is 0 Å². The van der Waals surface area contributed by atoms with E-state index in [0.717, 1.165) is 4.47 Å². The number of hydrogen-bond acceptors (Lipinski definition) is 4. The van der Waals surface area contributed by atoms with Crippen molar-refractivity contribution in [3.8, 4) is 11.5 Å². The normalized spacial score (nSPS) is 10.3. The largest absolute Gasteiger partial charge is 0.493 e. The fourth-order valence-corrected chi connectivity index (χ4v) is 2.00. The molecule has 18 heavy (non-hydrogen) atoms. The maximum absolute atomic E-state index is 5.70. The number of para-hydroxylation sites is 1. The summed E-state index contributed by atoms with van der Waals surface area (Å²) >= 11 is 3.43. The summed E-state index contributed by atoms with van der Waals surface area (Å²) in [6, 6.07) is 7.40. The van der Waals surface area contributed by atoms with Crippen LogP contribution in [0.2, 0.25) is 0 Å². The minimum atomic E-state index is 0.486. The first-order valence-electron chi connectivity index (χ1n) is 5.45. The molecule has 1 aromatic carbocycles. The first kappa shape index (κ1) is 12.8. The summed E-state index contributed by atoms with van der Waals surface area (Å²) in [5.41, 5.74) is 5.53. The van der Waals surface area contributed by atoms with Crippen molar-refractivity contribution in [2.75, 3.05) is 19.5 Å². The van der Waals surface area contributed by atoms with Crippen LogP contribution in [0.5, 0.6) is 11.5 Å². The van der Waals surface area contributed by atoms with Crippen LogP contribution < -0.4 is 15.2 Å². The van der Waals surface area contributed by atoms with Gasteiger partial charge in [-0.25, -0.2) is 0 Å². The molecule has 5 nitrogen and oxygen atoms in total. The zero-order valence-electron chi connectivity index (χ0n) is 9.97. The monoisotopic (exact) mass is 311 g/mol. The zero-order valence-corrected chi connectivity index (χ0v) is 11.6. The zero-order chi connectivity index (χ0) is 13.0. The van der Waals surface area contributed by atoms with E-state index in [1.807, 2.05) is 24.4 Å². The second-order valence-corrected chi connectivity index (χ2v) is 4.48. The van der Waals surface area contributed by atoms with Crippen LogP contribution >= 0.6 is 15.9 Å². The van der Waals surface area contributed by atoms with Gasteiger partial charge in [-0.2, -0.15) is 5.10 Å². The molecular formula is C12H14BrN3O2. The molecule has 2 rings (SSSR count). The van der Waals surface area contributed by atoms with Crippen LogP contribution in [0.1, 0.15) is 0 Å². The Morgan fingerprint density at radius 2 is 2.22 bits per heavy atom. The van der Waals surface area contributed by atoms with Gasteiger partial charge in [-0.3, -0.25) is 4.68 Å². The Morgan fingerprint density at radius 1 is 1.39 bits per heavy atom. The van der Waals surface area contributed by atoms with E-state index in [0.29, 0.717) is 30.5 Å². The predicted octanol–water partition coefficient (Wildman–Crippen LogP) is 2.32. The highest BCUT2D eigenvalue weighted by atomic mass is 79.9. The molecule has 0 aliphatic rings. The third kappa shape index (κ3) is 2.95. The number of nitrogen functional groups attached to an aromatic ring is 1. The number of nitrogens with zero attached hydrogens (tertiary/aromatic N) is 2. The summed E-state index contributed by atoms with van der Waals surface area (Å²) < 4.78 is 13.5. The smallest absolute Gasteiger partial charge is 0.175 e. The number of anilines is 1. The van der Waals surface area contributed by atoms with Gasteiger partial charge in [-0.1, -0.05) is 6.07 Å². The fraction of sp³-hybridized carbons (Fsp3) is 0.250. The topological polar surface area (TPSA) is 62.3 Å². The quantitative estimate of drug-likeness (QED) is 0.920. The van der Waals surface area contributed by atoms with Crippen molar-refractivity contribution in [1.29, 1.82) is 0 Å². The standard InChI is InChI=1S/C12H14BrN3O2/c1-17-10-4-2-3-9(13)12(10)18-8-7-16-6-5-11(14)15-16/h2-6H,7-8H2,1H3,(H2,14,15). The minimum absolute atomic E-state index is 0.486. The molecule has 0 saturated heterocycles. The summed E-state index contributed by atoms with van der Waals surface area (Å²) in [5.74, 6) is 1.90. The van der Waals surface area contributed by atoms with Crippen LogP contribution in [0, 0.1) is 0 Å². The first-order chi connectivity index (χ1) is 8.70. The molecule has 0 fully saturated rings. The Kier molecular flexibility index (Phi) is 4.09. The summed E-state index contributed by atoms with van der Waals surface area (Å²) in [6.45, 7) is 1.11. The van der Waals surface area contributed by atoms with Crippen molar-refractivity contribution in [3.05, 3.63) is 34.9 Å². The van der Waals surface area contributed by atoms with Crippen LogP contribution in [0.25, 0.3) is 0 Å². The van der Waals surface area contributed by atoms with Gasteiger partial charge in [0.15, 0.2) is 11.5 Å². The van der Waals surface area contributed by atoms with Crippen LogP contribution in [-0.4, -0.2) is 23.5 Å². The van der Waals surface area contributed by atoms with Gasteiger partial charge in [0.25, 0.3) is 0 Å². The molecule has 0 saturated carbocycles. The maximum Gasteiger partial charge on any atom is 0.175 e. The lowest BCUT2D eigenvalue weighted by atomic mass is 10.3. The number of methoxy groups -OCH3 is 1. The van der Waals surface area contributed by atoms with Crippen molar-refractivity contribution < 1.29 is 9.47 Å². The number of rotatable bonds is 5. The van der Waals surface area contributed by atoms with E-state index in [1.54, 1.807) is 17.9 Å². The van der Waals surface area contributed by atoms with Gasteiger partial charge in [0, 0.05) is 6.20 Å². The van der Waals surface area contributed by atoms with Gasteiger partial charge < -0.3 is 15.2 Å². The van der Waals surface area contributed by atoms with Gasteiger partial charge >= 0.3 is 0 Å². The summed E-state index contributed by atoms with van der Waals surface area (Å²) in [7, 11) is 1.61. The van der Waals surface area contributed by atoms with E-state index in [1.165, 1.54) is 0 Å². The molecule has 1 aromatic heterocycles. The summed E-state index contributed by atoms with van der Waals surface area (Å²) in [6.07, 6.45) is 1.82. The Labute approximate surface area is 114 Å². The Morgan fingerprint density at radius 3 is 2.89 bits per heavy atom. The Balaban J connectivity index is 1.98. The van der Waals surface area contributed by atoms with Gasteiger partial charge in [0.1, 0.15) is 12.4 Å². The molecule has 0 amide bonds. The van der Waals surface area contributed by atoms with Crippen LogP contribution in [0.3, 0.4) is 0 Å². The third-order valence-electron chi connectivity index (χ3n) is 2.38. The predicted molar refractivity (Wildman–Crippen MR) is 72.8 cm³/mol. The molecule has 0 bridgehead atoms. The molecule has 96 valence electrons. The average molecular weight is 312 g/mol. The summed E-state index contributed by atoms with van der Waals surface area (Å²) in [4.78, 5) is 0. The fourth-order valence-electron chi connectivity index (χ4n) is 1.53. The lowest BCUT2D eigenvalue weighted by molar-refractivity contribution is 0.273. The molecular weight excluding hydrogens is 298 g/mol. The lowest BCUT2D eigenvalue weighted by Crippen LogP contribution is -2.09. The molecule has 0 aliphatic heterocycles. The van der Waals surface area contributed by atoms with Crippen LogP contribution in [0.15, 0.2) is 34.9 Å². The van der Waals surface area contributed by atoms with E-state index in [-0.39, 0.29) is 0 Å². The van der Waals surface area contributed by atoms with Gasteiger partial charge in [0.05, 0.1) is 18.1 Å². The van der Waals surface area contributed by atoms with Crippen molar-refractivity contribution >= 4 is 21.7 Å². The Hall–Kier alpha value is -1.69. The van der Waals surface area contributed by atoms with Gasteiger partial charge in [-0.05, 0) is 34.1 Å². The third-order valence-corrected chi connectivity index (χ3v) is 3.00. The first-order valence-corrected chi connectivity index (χ1v) is 6.24. The second-order valence-electron chi connectivity index (χ2n) is 3.62. The second kappa shape index (κ2) is 5.77. The molecule has 2 aromatic rings. The molecule has 6 heteroatoms. The molecule has 0 unspecified atom stereocenters. The number of ether oxygens (including phenoxy) is 2. The summed E-state index contributed by atoms with van der Waals surface area (Å²) in [5, 5.41) is 4.08. The van der Waals surface area contributed by atoms with Crippen molar-refractivity contribution in [3.63, 3.8) is 0 Å². The molecule has 0 aliphatic carbocycles. The number of nitrogens with two attached hydrogens (primary N) is 1. The number of benzene rings is 1. The molecule has 2 N–H and O–H groups in total. The molecule has 1 heterocycles. The average Bonchev–Trinajstić information content (AvgIpc) is 2.77. The minimum Gasteiger partial charge on any atom is -0.493 e. The lowest BCUT2D eigenvalue weighted by Gasteiger charge is -2.12. The van der Waals surface area contributed by atoms with E-state index >= 15 is 0 Å². The van der Waals surface area contributed by atoms with Crippen molar-refractivity contribution in [1.82, 2.24) is 9.78 Å². The number of halogens is 1. The maximum atomic E-state index is 5.70. The van der Waals surface area contributed by atoms with E-state index in [2.05, 4.69) is 21.0 Å². The number of aromatic nitrogens is 2.